The lowest BCUT2D eigenvalue weighted by atomic mass is 9.87. The van der Waals surface area contributed by atoms with Gasteiger partial charge in [-0.3, -0.25) is 0 Å². The third kappa shape index (κ3) is 1.57. The molecule has 18 heavy (non-hydrogen) atoms. The van der Waals surface area contributed by atoms with Gasteiger partial charge in [-0.15, -0.1) is 0 Å². The van der Waals surface area contributed by atoms with Gasteiger partial charge in [-0.2, -0.15) is 0 Å². The number of halogens is 1. The number of hydrogen-bond donors (Lipinski definition) is 1. The third-order valence-corrected chi connectivity index (χ3v) is 3.87. The molecule has 92 valence electrons. The van der Waals surface area contributed by atoms with Gasteiger partial charge < -0.3 is 5.11 Å². The van der Waals surface area contributed by atoms with E-state index < -0.39 is 5.60 Å². The molecule has 1 atom stereocenters. The zero-order chi connectivity index (χ0) is 12.8. The van der Waals surface area contributed by atoms with Crippen molar-refractivity contribution >= 4 is 0 Å². The van der Waals surface area contributed by atoms with Crippen molar-refractivity contribution in [3.63, 3.8) is 0 Å². The summed E-state index contributed by atoms with van der Waals surface area (Å²) in [4.78, 5) is 0. The van der Waals surface area contributed by atoms with Crippen LogP contribution in [0.3, 0.4) is 0 Å². The lowest BCUT2D eigenvalue weighted by Gasteiger charge is -2.25. The van der Waals surface area contributed by atoms with Crippen molar-refractivity contribution in [2.75, 3.05) is 0 Å². The van der Waals surface area contributed by atoms with Crippen LogP contribution in [0.25, 0.3) is 0 Å². The van der Waals surface area contributed by atoms with E-state index in [9.17, 15) is 9.50 Å². The molecular formula is C16H15FO. The molecule has 2 aromatic carbocycles. The van der Waals surface area contributed by atoms with Crippen molar-refractivity contribution in [3.8, 4) is 0 Å². The second-order valence-electron chi connectivity index (χ2n) is 4.98. The van der Waals surface area contributed by atoms with Gasteiger partial charge in [-0.05, 0) is 48.1 Å². The Labute approximate surface area is 106 Å². The minimum absolute atomic E-state index is 0.259. The molecule has 1 aliphatic carbocycles. The molecule has 1 N–H and O–H groups in total. The maximum absolute atomic E-state index is 13.7. The van der Waals surface area contributed by atoms with Gasteiger partial charge in [0.1, 0.15) is 11.4 Å². The summed E-state index contributed by atoms with van der Waals surface area (Å²) in [5.41, 5.74) is 2.28. The van der Waals surface area contributed by atoms with E-state index in [1.165, 1.54) is 6.07 Å². The Balaban J connectivity index is 2.14. The van der Waals surface area contributed by atoms with Gasteiger partial charge in [0.15, 0.2) is 0 Å². The standard InChI is InChI=1S/C16H15FO/c1-11-6-7-13(10-15(11)17)16(18)9-8-12-4-2-3-5-14(12)16/h2-7,10,18H,8-9H2,1H3. The fourth-order valence-corrected chi connectivity index (χ4v) is 2.74. The first kappa shape index (κ1) is 11.4. The lowest BCUT2D eigenvalue weighted by molar-refractivity contribution is 0.0826. The number of rotatable bonds is 1. The first-order valence-corrected chi connectivity index (χ1v) is 6.19. The summed E-state index contributed by atoms with van der Waals surface area (Å²) in [7, 11) is 0. The monoisotopic (exact) mass is 242 g/mol. The summed E-state index contributed by atoms with van der Waals surface area (Å²) in [5.74, 6) is -0.259. The number of aliphatic hydroxyl groups is 1. The average molecular weight is 242 g/mol. The molecule has 0 bridgehead atoms. The predicted molar refractivity (Wildman–Crippen MR) is 68.9 cm³/mol. The fraction of sp³-hybridized carbons (Fsp3) is 0.250. The van der Waals surface area contributed by atoms with Crippen LogP contribution in [0.1, 0.15) is 28.7 Å². The Hall–Kier alpha value is -1.67. The van der Waals surface area contributed by atoms with Crippen LogP contribution in [-0.2, 0) is 12.0 Å². The third-order valence-electron chi connectivity index (χ3n) is 3.87. The van der Waals surface area contributed by atoms with E-state index in [4.69, 9.17) is 0 Å². The Bertz CT molecular complexity index is 606. The summed E-state index contributed by atoms with van der Waals surface area (Å²) in [6.45, 7) is 1.73. The number of benzene rings is 2. The molecule has 0 spiro atoms. The smallest absolute Gasteiger partial charge is 0.126 e. The van der Waals surface area contributed by atoms with Gasteiger partial charge in [0.25, 0.3) is 0 Å². The van der Waals surface area contributed by atoms with E-state index >= 15 is 0 Å². The summed E-state index contributed by atoms with van der Waals surface area (Å²) in [5, 5.41) is 10.9. The van der Waals surface area contributed by atoms with E-state index in [1.807, 2.05) is 30.3 Å². The first-order valence-electron chi connectivity index (χ1n) is 6.19. The van der Waals surface area contributed by atoms with Crippen molar-refractivity contribution in [2.45, 2.75) is 25.4 Å². The zero-order valence-electron chi connectivity index (χ0n) is 10.3. The van der Waals surface area contributed by atoms with E-state index in [0.29, 0.717) is 17.5 Å². The van der Waals surface area contributed by atoms with Crippen LogP contribution in [0.2, 0.25) is 0 Å². The molecule has 0 saturated heterocycles. The number of hydrogen-bond acceptors (Lipinski definition) is 1. The van der Waals surface area contributed by atoms with Crippen LogP contribution in [0, 0.1) is 12.7 Å². The maximum atomic E-state index is 13.7. The van der Waals surface area contributed by atoms with E-state index in [-0.39, 0.29) is 5.82 Å². The molecule has 3 rings (SSSR count). The molecule has 0 aliphatic heterocycles. The molecule has 0 radical (unpaired) electrons. The zero-order valence-corrected chi connectivity index (χ0v) is 10.3. The lowest BCUT2D eigenvalue weighted by Crippen LogP contribution is -2.24. The van der Waals surface area contributed by atoms with E-state index in [2.05, 4.69) is 0 Å². The van der Waals surface area contributed by atoms with Gasteiger partial charge in [-0.25, -0.2) is 4.39 Å². The van der Waals surface area contributed by atoms with Crippen molar-refractivity contribution < 1.29 is 9.50 Å². The molecule has 0 heterocycles. The summed E-state index contributed by atoms with van der Waals surface area (Å²) in [6.07, 6.45) is 1.46. The quantitative estimate of drug-likeness (QED) is 0.813. The Kier molecular flexibility index (Phi) is 2.49. The Morgan fingerprint density at radius 2 is 1.94 bits per heavy atom. The second-order valence-corrected chi connectivity index (χ2v) is 4.98. The molecule has 0 fully saturated rings. The highest BCUT2D eigenvalue weighted by molar-refractivity contribution is 5.45. The van der Waals surface area contributed by atoms with Gasteiger partial charge in [-0.1, -0.05) is 36.4 Å². The Morgan fingerprint density at radius 1 is 1.17 bits per heavy atom. The van der Waals surface area contributed by atoms with Crippen molar-refractivity contribution in [1.29, 1.82) is 0 Å². The fourth-order valence-electron chi connectivity index (χ4n) is 2.74. The van der Waals surface area contributed by atoms with Crippen LogP contribution in [0.4, 0.5) is 4.39 Å². The normalized spacial score (nSPS) is 21.9. The SMILES string of the molecule is Cc1ccc(C2(O)CCc3ccccc32)cc1F. The topological polar surface area (TPSA) is 20.2 Å². The molecule has 0 aromatic heterocycles. The van der Waals surface area contributed by atoms with Crippen molar-refractivity contribution in [1.82, 2.24) is 0 Å². The molecule has 0 amide bonds. The average Bonchev–Trinajstić information content (AvgIpc) is 2.73. The summed E-state index contributed by atoms with van der Waals surface area (Å²) >= 11 is 0. The molecule has 1 aliphatic rings. The van der Waals surface area contributed by atoms with Gasteiger partial charge in [0.05, 0.1) is 0 Å². The van der Waals surface area contributed by atoms with Crippen molar-refractivity contribution in [2.24, 2.45) is 0 Å². The molecule has 2 heteroatoms. The molecular weight excluding hydrogens is 227 g/mol. The minimum atomic E-state index is -1.04. The Morgan fingerprint density at radius 3 is 2.72 bits per heavy atom. The minimum Gasteiger partial charge on any atom is -0.380 e. The maximum Gasteiger partial charge on any atom is 0.126 e. The summed E-state index contributed by atoms with van der Waals surface area (Å²) < 4.78 is 13.7. The largest absolute Gasteiger partial charge is 0.380 e. The van der Waals surface area contributed by atoms with Gasteiger partial charge in [0.2, 0.25) is 0 Å². The highest BCUT2D eigenvalue weighted by Gasteiger charge is 2.38. The summed E-state index contributed by atoms with van der Waals surface area (Å²) in [6, 6.07) is 12.8. The molecule has 0 saturated carbocycles. The van der Waals surface area contributed by atoms with Crippen molar-refractivity contribution in [3.05, 3.63) is 70.5 Å². The second kappa shape index (κ2) is 3.92. The van der Waals surface area contributed by atoms with E-state index in [1.54, 1.807) is 13.0 Å². The molecule has 1 nitrogen and oxygen atoms in total. The van der Waals surface area contributed by atoms with Crippen LogP contribution in [0.15, 0.2) is 42.5 Å². The number of aryl methyl sites for hydroxylation is 2. The number of fused-ring (bicyclic) bond motifs is 1. The van der Waals surface area contributed by atoms with Crippen LogP contribution in [-0.4, -0.2) is 5.11 Å². The van der Waals surface area contributed by atoms with Crippen LogP contribution >= 0.6 is 0 Å². The van der Waals surface area contributed by atoms with Gasteiger partial charge in [0, 0.05) is 0 Å². The molecule has 1 unspecified atom stereocenters. The highest BCUT2D eigenvalue weighted by Crippen LogP contribution is 2.42. The highest BCUT2D eigenvalue weighted by atomic mass is 19.1. The van der Waals surface area contributed by atoms with E-state index in [0.717, 1.165) is 17.5 Å². The first-order chi connectivity index (χ1) is 8.61. The van der Waals surface area contributed by atoms with Crippen LogP contribution in [0.5, 0.6) is 0 Å². The van der Waals surface area contributed by atoms with Crippen LogP contribution < -0.4 is 0 Å². The van der Waals surface area contributed by atoms with Gasteiger partial charge >= 0.3 is 0 Å². The predicted octanol–water partition coefficient (Wildman–Crippen LogP) is 3.32. The molecule has 2 aromatic rings.